The van der Waals surface area contributed by atoms with Gasteiger partial charge in [-0.15, -0.1) is 0 Å². The van der Waals surface area contributed by atoms with Gasteiger partial charge in [0.15, 0.2) is 0 Å². The van der Waals surface area contributed by atoms with Crippen molar-refractivity contribution in [2.75, 3.05) is 10.3 Å². The Balaban J connectivity index is 1.66. The van der Waals surface area contributed by atoms with Crippen molar-refractivity contribution < 1.29 is 27.2 Å². The van der Waals surface area contributed by atoms with Gasteiger partial charge in [0.1, 0.15) is 17.6 Å². The van der Waals surface area contributed by atoms with E-state index in [0.717, 1.165) is 24.3 Å². The summed E-state index contributed by atoms with van der Waals surface area (Å²) in [7, 11) is 0. The highest BCUT2D eigenvalue weighted by Gasteiger charge is 2.36. The number of nitrogens with zero attached hydrogens (tertiary/aromatic N) is 4. The van der Waals surface area contributed by atoms with Crippen molar-refractivity contribution in [1.82, 2.24) is 9.78 Å². The lowest BCUT2D eigenvalue weighted by atomic mass is 10.1. The monoisotopic (exact) mass is 460 g/mol. The van der Waals surface area contributed by atoms with E-state index in [1.54, 1.807) is 6.07 Å². The second kappa shape index (κ2) is 8.37. The van der Waals surface area contributed by atoms with Crippen molar-refractivity contribution in [1.29, 1.82) is 0 Å². The van der Waals surface area contributed by atoms with Crippen molar-refractivity contribution in [3.8, 4) is 5.69 Å². The van der Waals surface area contributed by atoms with Gasteiger partial charge < -0.3 is 11.1 Å². The SMILES string of the molecule is NC(=O)C1CC(C(=O)Nc2cc(C(F)(F)F)ccc2-n2cccn2)=NN1c1ccc(F)cc1. The third-order valence-corrected chi connectivity index (χ3v) is 4.92. The lowest BCUT2D eigenvalue weighted by Gasteiger charge is -2.20. The first-order valence-corrected chi connectivity index (χ1v) is 9.57. The Morgan fingerprint density at radius 2 is 1.85 bits per heavy atom. The summed E-state index contributed by atoms with van der Waals surface area (Å²) in [5, 5.41) is 11.7. The molecule has 0 saturated heterocycles. The quantitative estimate of drug-likeness (QED) is 0.571. The Morgan fingerprint density at radius 1 is 1.12 bits per heavy atom. The summed E-state index contributed by atoms with van der Waals surface area (Å²) in [6, 6.07) is 8.41. The van der Waals surface area contributed by atoms with E-state index in [1.807, 2.05) is 0 Å². The van der Waals surface area contributed by atoms with Gasteiger partial charge in [0.05, 0.1) is 22.6 Å². The Hall–Kier alpha value is -4.22. The van der Waals surface area contributed by atoms with Crippen LogP contribution < -0.4 is 16.1 Å². The Morgan fingerprint density at radius 3 is 2.45 bits per heavy atom. The summed E-state index contributed by atoms with van der Waals surface area (Å²) in [6.45, 7) is 0. The lowest BCUT2D eigenvalue weighted by molar-refractivity contribution is -0.137. The molecule has 3 N–H and O–H groups in total. The summed E-state index contributed by atoms with van der Waals surface area (Å²) in [6.07, 6.45) is -1.88. The molecule has 0 spiro atoms. The molecule has 0 radical (unpaired) electrons. The molecular weight excluding hydrogens is 444 g/mol. The third-order valence-electron chi connectivity index (χ3n) is 4.92. The predicted octanol–water partition coefficient (Wildman–Crippen LogP) is 3.09. The number of carbonyl (C=O) groups is 2. The molecule has 0 fully saturated rings. The maximum Gasteiger partial charge on any atom is 0.416 e. The smallest absolute Gasteiger partial charge is 0.368 e. The third kappa shape index (κ3) is 4.54. The topological polar surface area (TPSA) is 106 Å². The van der Waals surface area contributed by atoms with Gasteiger partial charge in [0.25, 0.3) is 5.91 Å². The Kier molecular flexibility index (Phi) is 5.58. The zero-order valence-corrected chi connectivity index (χ0v) is 16.8. The molecule has 1 unspecified atom stereocenters. The van der Waals surface area contributed by atoms with Gasteiger partial charge in [-0.25, -0.2) is 9.07 Å². The van der Waals surface area contributed by atoms with Crippen molar-refractivity contribution in [3.63, 3.8) is 0 Å². The minimum Gasteiger partial charge on any atom is -0.368 e. The van der Waals surface area contributed by atoms with Crippen molar-refractivity contribution in [2.24, 2.45) is 10.8 Å². The largest absolute Gasteiger partial charge is 0.416 e. The standard InChI is InChI=1S/C21H16F4N6O2/c22-13-3-5-14(6-4-13)31-18(19(26)32)11-16(29-31)20(33)28-15-10-12(21(23,24)25)2-7-17(15)30-9-1-8-27-30/h1-10,18H,11H2,(H2,26,32)(H,28,33). The van der Waals surface area contributed by atoms with Gasteiger partial charge in [-0.1, -0.05) is 0 Å². The average Bonchev–Trinajstić information content (AvgIpc) is 3.44. The number of nitrogens with one attached hydrogen (secondary N) is 1. The first-order valence-electron chi connectivity index (χ1n) is 9.57. The van der Waals surface area contributed by atoms with Crippen LogP contribution in [0.25, 0.3) is 5.69 Å². The summed E-state index contributed by atoms with van der Waals surface area (Å²) < 4.78 is 54.3. The molecule has 1 aromatic heterocycles. The van der Waals surface area contributed by atoms with Gasteiger partial charge >= 0.3 is 6.18 Å². The highest BCUT2D eigenvalue weighted by Crippen LogP contribution is 2.33. The van der Waals surface area contributed by atoms with Crippen LogP contribution in [0.15, 0.2) is 66.0 Å². The highest BCUT2D eigenvalue weighted by molar-refractivity contribution is 6.44. The molecule has 2 amide bonds. The number of primary amides is 1. The fourth-order valence-electron chi connectivity index (χ4n) is 3.32. The lowest BCUT2D eigenvalue weighted by Crippen LogP contribution is -2.39. The van der Waals surface area contributed by atoms with Crippen molar-refractivity contribution in [2.45, 2.75) is 18.6 Å². The number of anilines is 2. The number of carbonyl (C=O) groups excluding carboxylic acids is 2. The fourth-order valence-corrected chi connectivity index (χ4v) is 3.32. The van der Waals surface area contributed by atoms with E-state index in [4.69, 9.17) is 5.73 Å². The number of hydrazone groups is 1. The van der Waals surface area contributed by atoms with Gasteiger partial charge in [0.2, 0.25) is 5.91 Å². The van der Waals surface area contributed by atoms with E-state index in [2.05, 4.69) is 15.5 Å². The van der Waals surface area contributed by atoms with Crippen LogP contribution in [-0.2, 0) is 15.8 Å². The molecule has 2 heterocycles. The van der Waals surface area contributed by atoms with Crippen LogP contribution in [-0.4, -0.2) is 33.3 Å². The zero-order chi connectivity index (χ0) is 23.8. The number of benzene rings is 2. The van der Waals surface area contributed by atoms with E-state index in [-0.39, 0.29) is 23.5 Å². The number of amides is 2. The number of rotatable bonds is 5. The minimum absolute atomic E-state index is 0.132. The van der Waals surface area contributed by atoms with Crippen molar-refractivity contribution in [3.05, 3.63) is 72.3 Å². The zero-order valence-electron chi connectivity index (χ0n) is 16.8. The van der Waals surface area contributed by atoms with E-state index >= 15 is 0 Å². The molecule has 33 heavy (non-hydrogen) atoms. The number of alkyl halides is 3. The molecular formula is C21H16F4N6O2. The van der Waals surface area contributed by atoms with Crippen molar-refractivity contribution >= 4 is 28.9 Å². The van der Waals surface area contributed by atoms with Crippen LogP contribution in [0.3, 0.4) is 0 Å². The number of hydrogen-bond donors (Lipinski definition) is 2. The number of nitrogens with two attached hydrogens (primary N) is 1. The molecule has 0 bridgehead atoms. The molecule has 0 aliphatic carbocycles. The molecule has 0 saturated carbocycles. The van der Waals surface area contributed by atoms with Crippen LogP contribution in [0.2, 0.25) is 0 Å². The van der Waals surface area contributed by atoms with E-state index in [9.17, 15) is 27.2 Å². The normalized spacial score (nSPS) is 15.9. The van der Waals surface area contributed by atoms with Crippen LogP contribution >= 0.6 is 0 Å². The first kappa shape index (κ1) is 22.0. The van der Waals surface area contributed by atoms with Gasteiger partial charge in [-0.3, -0.25) is 14.6 Å². The molecule has 8 nitrogen and oxygen atoms in total. The summed E-state index contributed by atoms with van der Waals surface area (Å²) in [4.78, 5) is 24.8. The maximum absolute atomic E-state index is 13.3. The van der Waals surface area contributed by atoms with Crippen LogP contribution in [0.5, 0.6) is 0 Å². The predicted molar refractivity (Wildman–Crippen MR) is 111 cm³/mol. The summed E-state index contributed by atoms with van der Waals surface area (Å²) >= 11 is 0. The molecule has 4 rings (SSSR count). The number of aromatic nitrogens is 2. The molecule has 2 aromatic carbocycles. The molecule has 1 aliphatic rings. The molecule has 3 aromatic rings. The summed E-state index contributed by atoms with van der Waals surface area (Å²) in [5.74, 6) is -2.10. The molecule has 1 atom stereocenters. The van der Waals surface area contributed by atoms with Crippen LogP contribution in [0.4, 0.5) is 28.9 Å². The average molecular weight is 460 g/mol. The fraction of sp³-hybridized carbons (Fsp3) is 0.143. The summed E-state index contributed by atoms with van der Waals surface area (Å²) in [5.41, 5.74) is 4.69. The van der Waals surface area contributed by atoms with Crippen LogP contribution in [0.1, 0.15) is 12.0 Å². The van der Waals surface area contributed by atoms with Crippen LogP contribution in [0, 0.1) is 5.82 Å². The van der Waals surface area contributed by atoms with Gasteiger partial charge in [0, 0.05) is 18.8 Å². The first-order chi connectivity index (χ1) is 15.6. The second-order valence-corrected chi connectivity index (χ2v) is 7.12. The van der Waals surface area contributed by atoms with E-state index < -0.39 is 35.4 Å². The number of halogens is 4. The second-order valence-electron chi connectivity index (χ2n) is 7.12. The van der Waals surface area contributed by atoms with Gasteiger partial charge in [-0.2, -0.15) is 23.4 Å². The Labute approximate surface area is 184 Å². The highest BCUT2D eigenvalue weighted by atomic mass is 19.4. The van der Waals surface area contributed by atoms with E-state index in [1.165, 1.54) is 40.3 Å². The maximum atomic E-state index is 13.3. The molecule has 12 heteroatoms. The van der Waals surface area contributed by atoms with E-state index in [0.29, 0.717) is 5.69 Å². The molecule has 170 valence electrons. The molecule has 1 aliphatic heterocycles. The van der Waals surface area contributed by atoms with Gasteiger partial charge in [-0.05, 0) is 48.5 Å². The minimum atomic E-state index is -4.64. The Bertz CT molecular complexity index is 1220. The number of hydrogen-bond acceptors (Lipinski definition) is 5.